The first-order valence-corrected chi connectivity index (χ1v) is 9.04. The Hall–Kier alpha value is -0.760. The number of pyridine rings is 1. The van der Waals surface area contributed by atoms with Crippen LogP contribution in [0, 0.1) is 0 Å². The third kappa shape index (κ3) is 3.21. The molecule has 3 nitrogen and oxygen atoms in total. The van der Waals surface area contributed by atoms with Crippen LogP contribution < -0.4 is 5.32 Å². The van der Waals surface area contributed by atoms with Crippen LogP contribution >= 0.6 is 59.1 Å². The van der Waals surface area contributed by atoms with Crippen LogP contribution in [0.5, 0.6) is 0 Å². The van der Waals surface area contributed by atoms with E-state index in [0.29, 0.717) is 11.3 Å². The van der Waals surface area contributed by atoms with Gasteiger partial charge < -0.3 is 5.32 Å². The maximum Gasteiger partial charge on any atom is 0.257 e. The maximum absolute atomic E-state index is 12.4. The molecule has 3 aromatic rings. The number of thiophene rings is 1. The normalized spacial score (nSPS) is 10.8. The Morgan fingerprint density at radius 1 is 1.19 bits per heavy atom. The van der Waals surface area contributed by atoms with Gasteiger partial charge in [-0.25, -0.2) is 0 Å². The van der Waals surface area contributed by atoms with Crippen LogP contribution in [0.3, 0.4) is 0 Å². The van der Waals surface area contributed by atoms with Crippen molar-refractivity contribution in [2.75, 3.05) is 5.32 Å². The number of hydrogen-bond donors (Lipinski definition) is 1. The number of hydrogen-bond acceptors (Lipinski definition) is 3. The van der Waals surface area contributed by atoms with Crippen molar-refractivity contribution in [2.45, 2.75) is 0 Å². The number of fused-ring (bicyclic) bond motifs is 1. The molecular weight excluding hydrogens is 484 g/mol. The lowest BCUT2D eigenvalue weighted by Gasteiger charge is -2.07. The summed E-state index contributed by atoms with van der Waals surface area (Å²) in [5, 5.41) is 3.88. The second kappa shape index (κ2) is 6.16. The second-order valence-electron chi connectivity index (χ2n) is 4.22. The van der Waals surface area contributed by atoms with Gasteiger partial charge in [0.05, 0.1) is 24.3 Å². The molecule has 106 valence electrons. The highest BCUT2D eigenvalue weighted by Crippen LogP contribution is 2.33. The molecule has 2 heterocycles. The summed E-state index contributed by atoms with van der Waals surface area (Å²) in [5.41, 5.74) is 2.06. The predicted octanol–water partition coefficient (Wildman–Crippen LogP) is 5.84. The number of benzene rings is 1. The van der Waals surface area contributed by atoms with Gasteiger partial charge >= 0.3 is 0 Å². The fourth-order valence-corrected chi connectivity index (χ4v) is 5.06. The molecule has 0 atom stereocenters. The summed E-state index contributed by atoms with van der Waals surface area (Å²) in [7, 11) is 0. The molecule has 0 aliphatic rings. The van der Waals surface area contributed by atoms with Crippen LogP contribution in [0.15, 0.2) is 48.6 Å². The number of carbonyl (C=O) groups is 1. The summed E-state index contributed by atoms with van der Waals surface area (Å²) < 4.78 is 2.60. The van der Waals surface area contributed by atoms with E-state index in [-0.39, 0.29) is 5.91 Å². The van der Waals surface area contributed by atoms with E-state index in [1.54, 1.807) is 12.3 Å². The van der Waals surface area contributed by atoms with Crippen LogP contribution in [0.25, 0.3) is 10.9 Å². The molecule has 7 heteroatoms. The lowest BCUT2D eigenvalue weighted by molar-refractivity contribution is 0.102. The van der Waals surface area contributed by atoms with E-state index in [1.165, 1.54) is 11.3 Å². The molecule has 0 radical (unpaired) electrons. The van der Waals surface area contributed by atoms with E-state index < -0.39 is 0 Å². The first-order valence-electron chi connectivity index (χ1n) is 5.85. The number of anilines is 1. The van der Waals surface area contributed by atoms with Gasteiger partial charge in [0.2, 0.25) is 0 Å². The molecule has 0 unspecified atom stereocenters. The Bertz CT molecular complexity index is 847. The van der Waals surface area contributed by atoms with Crippen molar-refractivity contribution < 1.29 is 4.79 Å². The number of nitrogens with one attached hydrogen (secondary N) is 1. The van der Waals surface area contributed by atoms with Gasteiger partial charge in [-0.1, -0.05) is 12.1 Å². The van der Waals surface area contributed by atoms with Gasteiger partial charge in [0, 0.05) is 16.1 Å². The Morgan fingerprint density at radius 3 is 2.71 bits per heavy atom. The number of rotatable bonds is 2. The van der Waals surface area contributed by atoms with Crippen molar-refractivity contribution in [1.29, 1.82) is 0 Å². The monoisotopic (exact) mass is 488 g/mol. The molecule has 0 fully saturated rings. The minimum absolute atomic E-state index is 0.166. The fourth-order valence-electron chi connectivity index (χ4n) is 1.92. The average molecular weight is 491 g/mol. The van der Waals surface area contributed by atoms with Gasteiger partial charge in [0.1, 0.15) is 0 Å². The third-order valence-corrected chi connectivity index (χ3v) is 5.60. The van der Waals surface area contributed by atoms with Crippen molar-refractivity contribution in [1.82, 2.24) is 4.98 Å². The SMILES string of the molecule is O=C(Nc1cccc2cc(Br)cnc12)c1cc(Br)sc1Br. The number of aromatic nitrogens is 1. The number of halogens is 3. The molecule has 2 aromatic heterocycles. The molecule has 0 aliphatic heterocycles. The van der Waals surface area contributed by atoms with E-state index in [2.05, 4.69) is 58.1 Å². The summed E-state index contributed by atoms with van der Waals surface area (Å²) in [4.78, 5) is 16.7. The quantitative estimate of drug-likeness (QED) is 0.490. The molecule has 1 amide bonds. The summed E-state index contributed by atoms with van der Waals surface area (Å²) >= 11 is 11.6. The zero-order valence-electron chi connectivity index (χ0n) is 10.4. The lowest BCUT2D eigenvalue weighted by atomic mass is 10.2. The van der Waals surface area contributed by atoms with Gasteiger partial charge in [-0.15, -0.1) is 11.3 Å². The predicted molar refractivity (Wildman–Crippen MR) is 97.1 cm³/mol. The van der Waals surface area contributed by atoms with E-state index in [4.69, 9.17) is 0 Å². The Labute approximate surface area is 150 Å². The van der Waals surface area contributed by atoms with Crippen molar-refractivity contribution in [2.24, 2.45) is 0 Å². The summed E-state index contributed by atoms with van der Waals surface area (Å²) in [6, 6.07) is 9.45. The molecule has 0 bridgehead atoms. The van der Waals surface area contributed by atoms with Crippen LogP contribution in [0.1, 0.15) is 10.4 Å². The smallest absolute Gasteiger partial charge is 0.257 e. The highest BCUT2D eigenvalue weighted by Gasteiger charge is 2.15. The molecule has 1 N–H and O–H groups in total. The van der Waals surface area contributed by atoms with Gasteiger partial charge in [-0.2, -0.15) is 0 Å². The second-order valence-corrected chi connectivity index (χ2v) is 8.89. The van der Waals surface area contributed by atoms with Crippen LogP contribution in [0.2, 0.25) is 0 Å². The van der Waals surface area contributed by atoms with Gasteiger partial charge in [0.15, 0.2) is 0 Å². The Kier molecular flexibility index (Phi) is 4.44. The topological polar surface area (TPSA) is 42.0 Å². The standard InChI is InChI=1S/C14H7Br3N2OS/c15-8-4-7-2-1-3-10(12(7)18-6-8)19-14(20)9-5-11(16)21-13(9)17/h1-6H,(H,19,20). The van der Waals surface area contributed by atoms with Crippen LogP contribution in [-0.4, -0.2) is 10.9 Å². The highest BCUT2D eigenvalue weighted by atomic mass is 79.9. The van der Waals surface area contributed by atoms with Gasteiger partial charge in [0.25, 0.3) is 5.91 Å². The molecule has 21 heavy (non-hydrogen) atoms. The first-order chi connectivity index (χ1) is 10.0. The Morgan fingerprint density at radius 2 is 2.00 bits per heavy atom. The highest BCUT2D eigenvalue weighted by molar-refractivity contribution is 9.12. The van der Waals surface area contributed by atoms with Gasteiger partial charge in [-0.3, -0.25) is 9.78 Å². The number of para-hydroxylation sites is 1. The Balaban J connectivity index is 1.98. The molecule has 0 saturated heterocycles. The molecule has 0 aliphatic carbocycles. The minimum Gasteiger partial charge on any atom is -0.320 e. The van der Waals surface area contributed by atoms with Crippen molar-refractivity contribution in [3.63, 3.8) is 0 Å². The van der Waals surface area contributed by atoms with E-state index in [9.17, 15) is 4.79 Å². The van der Waals surface area contributed by atoms with Crippen LogP contribution in [0.4, 0.5) is 5.69 Å². The first kappa shape index (κ1) is 15.1. The fraction of sp³-hybridized carbons (Fsp3) is 0. The molecule has 1 aromatic carbocycles. The maximum atomic E-state index is 12.4. The van der Waals surface area contributed by atoms with E-state index >= 15 is 0 Å². The molecule has 0 spiro atoms. The number of nitrogens with zero attached hydrogens (tertiary/aromatic N) is 1. The van der Waals surface area contributed by atoms with Crippen molar-refractivity contribution in [3.8, 4) is 0 Å². The third-order valence-electron chi connectivity index (χ3n) is 2.83. The van der Waals surface area contributed by atoms with Crippen molar-refractivity contribution in [3.05, 3.63) is 54.1 Å². The van der Waals surface area contributed by atoms with E-state index in [0.717, 1.165) is 22.9 Å². The summed E-state index contributed by atoms with van der Waals surface area (Å²) in [5.74, 6) is -0.166. The lowest BCUT2D eigenvalue weighted by Crippen LogP contribution is -2.12. The van der Waals surface area contributed by atoms with Crippen molar-refractivity contribution >= 4 is 81.6 Å². The number of amides is 1. The van der Waals surface area contributed by atoms with Crippen LogP contribution in [-0.2, 0) is 0 Å². The van der Waals surface area contributed by atoms with E-state index in [1.807, 2.05) is 24.3 Å². The summed E-state index contributed by atoms with van der Waals surface area (Å²) in [6.45, 7) is 0. The molecular formula is C14H7Br3N2OS. The summed E-state index contributed by atoms with van der Waals surface area (Å²) in [6.07, 6.45) is 1.72. The number of carbonyl (C=O) groups excluding carboxylic acids is 1. The average Bonchev–Trinajstić information content (AvgIpc) is 2.77. The zero-order valence-corrected chi connectivity index (χ0v) is 15.9. The minimum atomic E-state index is -0.166. The molecule has 3 rings (SSSR count). The molecule has 0 saturated carbocycles. The zero-order chi connectivity index (χ0) is 15.0. The largest absolute Gasteiger partial charge is 0.320 e. The van der Waals surface area contributed by atoms with Gasteiger partial charge in [-0.05, 0) is 66.0 Å².